The van der Waals surface area contributed by atoms with Crippen LogP contribution in [0.2, 0.25) is 5.02 Å². The van der Waals surface area contributed by atoms with Gasteiger partial charge in [-0.15, -0.1) is 0 Å². The Balaban J connectivity index is 1.52. The van der Waals surface area contributed by atoms with E-state index in [4.69, 9.17) is 21.1 Å². The lowest BCUT2D eigenvalue weighted by molar-refractivity contribution is 0.00590. The molecule has 2 N–H and O–H groups in total. The number of amides is 2. The summed E-state index contributed by atoms with van der Waals surface area (Å²) >= 11 is 6.40. The molecule has 2 aliphatic rings. The Kier molecular flexibility index (Phi) is 6.87. The quantitative estimate of drug-likeness (QED) is 0.421. The Hall–Kier alpha value is -3.50. The molecule has 0 spiro atoms. The number of carboxylic acid groups (broad SMARTS) is 1. The maximum Gasteiger partial charge on any atom is 0.413 e. The van der Waals surface area contributed by atoms with E-state index < -0.39 is 18.0 Å². The number of fused-ring (bicyclic) bond motifs is 2. The fraction of sp³-hybridized carbons (Fsp3) is 0.385. The second kappa shape index (κ2) is 10.1. The minimum absolute atomic E-state index is 0.0731. The number of nitrogens with one attached hydrogen (secondary N) is 1. The van der Waals surface area contributed by atoms with E-state index in [1.165, 1.54) is 11.1 Å². The third-order valence-electron chi connectivity index (χ3n) is 6.95. The maximum atomic E-state index is 15.5. The summed E-state index contributed by atoms with van der Waals surface area (Å²) < 4.78 is 26.2. The van der Waals surface area contributed by atoms with Crippen LogP contribution in [-0.4, -0.2) is 53.1 Å². The molecule has 1 unspecified atom stereocenters. The van der Waals surface area contributed by atoms with Crippen molar-refractivity contribution < 1.29 is 28.6 Å². The van der Waals surface area contributed by atoms with Gasteiger partial charge in [0.1, 0.15) is 17.7 Å². The van der Waals surface area contributed by atoms with E-state index in [0.29, 0.717) is 72.3 Å². The number of rotatable bonds is 3. The van der Waals surface area contributed by atoms with Gasteiger partial charge in [0.25, 0.3) is 0 Å². The Morgan fingerprint density at radius 1 is 1.19 bits per heavy atom. The van der Waals surface area contributed by atoms with E-state index in [2.05, 4.69) is 15.3 Å². The molecular weight excluding hydrogens is 503 g/mol. The number of benzene rings is 1. The van der Waals surface area contributed by atoms with Crippen LogP contribution in [0.3, 0.4) is 0 Å². The second-order valence-corrected chi connectivity index (χ2v) is 9.72. The molecule has 5 rings (SSSR count). The fourth-order valence-electron chi connectivity index (χ4n) is 4.92. The lowest BCUT2D eigenvalue weighted by Crippen LogP contribution is -2.36. The van der Waals surface area contributed by atoms with Crippen LogP contribution in [-0.2, 0) is 9.47 Å². The summed E-state index contributed by atoms with van der Waals surface area (Å²) in [5.41, 5.74) is 2.36. The van der Waals surface area contributed by atoms with Gasteiger partial charge in [-0.2, -0.15) is 0 Å². The number of nitrogens with zero attached hydrogens (tertiary/aromatic N) is 3. The number of pyridine rings is 2. The monoisotopic (exact) mass is 528 g/mol. The number of carbonyl (C=O) groups excluding carboxylic acids is 1. The van der Waals surface area contributed by atoms with Crippen molar-refractivity contribution in [2.45, 2.75) is 45.1 Å². The van der Waals surface area contributed by atoms with Crippen molar-refractivity contribution in [3.8, 4) is 11.1 Å². The molecule has 4 heterocycles. The number of hydrogen-bond donors (Lipinski definition) is 2. The number of carbonyl (C=O) groups is 2. The van der Waals surface area contributed by atoms with Gasteiger partial charge in [-0.05, 0) is 36.4 Å². The average Bonchev–Trinajstić information content (AvgIpc) is 2.87. The van der Waals surface area contributed by atoms with Gasteiger partial charge in [0.2, 0.25) is 0 Å². The van der Waals surface area contributed by atoms with Crippen molar-refractivity contribution in [3.05, 3.63) is 46.6 Å². The van der Waals surface area contributed by atoms with Crippen molar-refractivity contribution in [1.29, 1.82) is 0 Å². The van der Waals surface area contributed by atoms with Crippen molar-refractivity contribution in [1.82, 2.24) is 9.97 Å². The lowest BCUT2D eigenvalue weighted by atomic mass is 9.90. The molecular formula is C26H26ClFN4O5. The highest BCUT2D eigenvalue weighted by molar-refractivity contribution is 6.36. The second-order valence-electron chi connectivity index (χ2n) is 9.34. The maximum absolute atomic E-state index is 15.5. The van der Waals surface area contributed by atoms with Gasteiger partial charge in [0.05, 0.1) is 29.6 Å². The van der Waals surface area contributed by atoms with Gasteiger partial charge in [0.15, 0.2) is 0 Å². The third kappa shape index (κ3) is 4.78. The number of hydrogen-bond acceptors (Lipinski definition) is 6. The van der Waals surface area contributed by atoms with E-state index in [9.17, 15) is 14.7 Å². The van der Waals surface area contributed by atoms with Gasteiger partial charge in [-0.3, -0.25) is 15.2 Å². The molecule has 0 saturated carbocycles. The van der Waals surface area contributed by atoms with Crippen molar-refractivity contribution >= 4 is 46.1 Å². The molecule has 2 aliphatic heterocycles. The van der Waals surface area contributed by atoms with Crippen LogP contribution in [0.5, 0.6) is 0 Å². The van der Waals surface area contributed by atoms with Gasteiger partial charge in [0, 0.05) is 54.2 Å². The molecule has 37 heavy (non-hydrogen) atoms. The zero-order valence-electron chi connectivity index (χ0n) is 20.4. The minimum atomic E-state index is -1.08. The van der Waals surface area contributed by atoms with Crippen LogP contribution in [0.15, 0.2) is 24.5 Å². The zero-order valence-corrected chi connectivity index (χ0v) is 21.1. The van der Waals surface area contributed by atoms with Crippen LogP contribution in [0.1, 0.15) is 43.4 Å². The van der Waals surface area contributed by atoms with Crippen LogP contribution in [0.4, 0.5) is 25.5 Å². The number of ether oxygens (including phenoxy) is 2. The van der Waals surface area contributed by atoms with Crippen LogP contribution in [0, 0.1) is 12.7 Å². The minimum Gasteiger partial charge on any atom is -0.465 e. The molecule has 2 amide bonds. The Labute approximate surface area is 217 Å². The number of halogens is 2. The van der Waals surface area contributed by atoms with Crippen LogP contribution >= 0.6 is 11.6 Å². The fourth-order valence-corrected chi connectivity index (χ4v) is 5.18. The highest BCUT2D eigenvalue weighted by Gasteiger charge is 2.31. The molecule has 194 valence electrons. The van der Waals surface area contributed by atoms with Crippen molar-refractivity contribution in [2.24, 2.45) is 0 Å². The van der Waals surface area contributed by atoms with Gasteiger partial charge in [-0.1, -0.05) is 18.5 Å². The first-order valence-electron chi connectivity index (χ1n) is 12.1. The van der Waals surface area contributed by atoms with Crippen LogP contribution < -0.4 is 10.2 Å². The Morgan fingerprint density at radius 3 is 2.68 bits per heavy atom. The number of anilines is 2. The van der Waals surface area contributed by atoms with E-state index in [1.54, 1.807) is 25.3 Å². The Bertz CT molecular complexity index is 1400. The molecule has 1 atom stereocenters. The highest BCUT2D eigenvalue weighted by Crippen LogP contribution is 2.42. The van der Waals surface area contributed by atoms with Gasteiger partial charge in [-0.25, -0.2) is 19.0 Å². The average molecular weight is 529 g/mol. The first-order valence-corrected chi connectivity index (χ1v) is 12.5. The van der Waals surface area contributed by atoms with Crippen molar-refractivity contribution in [2.75, 3.05) is 30.0 Å². The normalized spacial score (nSPS) is 17.9. The molecule has 1 aromatic carbocycles. The van der Waals surface area contributed by atoms with E-state index in [0.717, 1.165) is 0 Å². The van der Waals surface area contributed by atoms with Gasteiger partial charge >= 0.3 is 12.2 Å². The first-order chi connectivity index (χ1) is 17.7. The topological polar surface area (TPSA) is 114 Å². The highest BCUT2D eigenvalue weighted by atomic mass is 35.5. The molecule has 0 bridgehead atoms. The molecule has 0 radical (unpaired) electrons. The molecule has 11 heteroatoms. The summed E-state index contributed by atoms with van der Waals surface area (Å²) in [6.07, 6.45) is 2.92. The standard InChI is InChI=1S/C26H26ClFN4O5/c1-13-3-6-32(26(34)35)24-14(2)18(11-30-23(13)24)17-9-15-10-20(29-12-19(15)21(27)22(17)28)31-25(33)37-16-4-7-36-8-5-16/h9-13,16H,3-8H2,1-2H3,(H,34,35)(H,29,31,33). The molecule has 0 aliphatic carbocycles. The zero-order chi connectivity index (χ0) is 26.3. The van der Waals surface area contributed by atoms with Crippen molar-refractivity contribution in [3.63, 3.8) is 0 Å². The SMILES string of the molecule is Cc1c(-c2cc3cc(NC(=O)OC4CCOCC4)ncc3c(Cl)c2F)cnc2c1N(C(=O)O)CCC2C. The number of aromatic nitrogens is 2. The summed E-state index contributed by atoms with van der Waals surface area (Å²) in [6.45, 7) is 5.17. The smallest absolute Gasteiger partial charge is 0.413 e. The molecule has 9 nitrogen and oxygen atoms in total. The Morgan fingerprint density at radius 2 is 1.95 bits per heavy atom. The molecule has 3 aromatic rings. The summed E-state index contributed by atoms with van der Waals surface area (Å²) in [6, 6.07) is 3.18. The van der Waals surface area contributed by atoms with E-state index in [1.807, 2.05) is 6.92 Å². The lowest BCUT2D eigenvalue weighted by Gasteiger charge is -2.32. The van der Waals surface area contributed by atoms with E-state index >= 15 is 4.39 Å². The van der Waals surface area contributed by atoms with Crippen LogP contribution in [0.25, 0.3) is 21.9 Å². The molecule has 1 saturated heterocycles. The third-order valence-corrected chi connectivity index (χ3v) is 7.32. The summed E-state index contributed by atoms with van der Waals surface area (Å²) in [5, 5.41) is 13.1. The van der Waals surface area contributed by atoms with Gasteiger partial charge < -0.3 is 14.6 Å². The summed E-state index contributed by atoms with van der Waals surface area (Å²) in [7, 11) is 0. The molecule has 2 aromatic heterocycles. The summed E-state index contributed by atoms with van der Waals surface area (Å²) in [5.74, 6) is -0.362. The summed E-state index contributed by atoms with van der Waals surface area (Å²) in [4.78, 5) is 34.2. The molecule has 1 fully saturated rings. The largest absolute Gasteiger partial charge is 0.465 e. The van der Waals surface area contributed by atoms with E-state index in [-0.39, 0.29) is 28.4 Å². The predicted molar refractivity (Wildman–Crippen MR) is 137 cm³/mol. The first kappa shape index (κ1) is 25.2. The predicted octanol–water partition coefficient (Wildman–Crippen LogP) is 6.12.